The van der Waals surface area contributed by atoms with Crippen molar-refractivity contribution in [2.24, 2.45) is 5.92 Å². The maximum absolute atomic E-state index is 12.3. The molecule has 2 aromatic heterocycles. The van der Waals surface area contributed by atoms with E-state index in [1.807, 2.05) is 13.8 Å². The summed E-state index contributed by atoms with van der Waals surface area (Å²) in [4.78, 5) is 23.5. The van der Waals surface area contributed by atoms with E-state index in [-0.39, 0.29) is 5.56 Å². The lowest BCUT2D eigenvalue weighted by Gasteiger charge is -2.31. The normalized spacial score (nSPS) is 16.7. The Kier molecular flexibility index (Phi) is 5.37. The molecule has 3 rings (SSSR count). The molecule has 0 aliphatic carbocycles. The van der Waals surface area contributed by atoms with Gasteiger partial charge in [0.15, 0.2) is 6.39 Å². The summed E-state index contributed by atoms with van der Waals surface area (Å²) in [7, 11) is 0. The number of piperidine rings is 1. The lowest BCUT2D eigenvalue weighted by Crippen LogP contribution is -2.36. The molecule has 25 heavy (non-hydrogen) atoms. The standard InChI is InChI=1S/C19H28N4O2/c1-13(2)18-17(21-12-25-18)10-22-7-5-16(6-8-22)9-23-11-20-15(4)14(3)19(23)24/h11-13,16H,5-10H2,1-4H3. The molecule has 0 amide bonds. The number of aromatic nitrogens is 3. The van der Waals surface area contributed by atoms with Crippen LogP contribution in [0.3, 0.4) is 0 Å². The smallest absolute Gasteiger partial charge is 0.256 e. The number of hydrogen-bond acceptors (Lipinski definition) is 5. The zero-order valence-electron chi connectivity index (χ0n) is 15.7. The fourth-order valence-corrected chi connectivity index (χ4v) is 3.49. The molecule has 0 atom stereocenters. The van der Waals surface area contributed by atoms with Crippen molar-refractivity contribution < 1.29 is 4.42 Å². The van der Waals surface area contributed by atoms with Crippen LogP contribution in [0, 0.1) is 19.8 Å². The van der Waals surface area contributed by atoms with Crippen LogP contribution in [0.1, 0.15) is 55.3 Å². The fourth-order valence-electron chi connectivity index (χ4n) is 3.49. The molecular weight excluding hydrogens is 316 g/mol. The van der Waals surface area contributed by atoms with Crippen LogP contribution in [0.2, 0.25) is 0 Å². The highest BCUT2D eigenvalue weighted by atomic mass is 16.3. The average molecular weight is 344 g/mol. The SMILES string of the molecule is Cc1ncn(CC2CCN(Cc3ncoc3C(C)C)CC2)c(=O)c1C. The van der Waals surface area contributed by atoms with Gasteiger partial charge in [-0.05, 0) is 45.7 Å². The highest BCUT2D eigenvalue weighted by Crippen LogP contribution is 2.23. The van der Waals surface area contributed by atoms with Gasteiger partial charge < -0.3 is 4.42 Å². The van der Waals surface area contributed by atoms with Crippen molar-refractivity contribution in [3.05, 3.63) is 45.8 Å². The van der Waals surface area contributed by atoms with Crippen LogP contribution in [0.15, 0.2) is 21.9 Å². The van der Waals surface area contributed by atoms with Crippen LogP contribution >= 0.6 is 0 Å². The van der Waals surface area contributed by atoms with E-state index in [0.29, 0.717) is 11.8 Å². The predicted molar refractivity (Wildman–Crippen MR) is 96.6 cm³/mol. The highest BCUT2D eigenvalue weighted by Gasteiger charge is 2.22. The van der Waals surface area contributed by atoms with Crippen LogP contribution in [-0.2, 0) is 13.1 Å². The summed E-state index contributed by atoms with van der Waals surface area (Å²) < 4.78 is 7.29. The van der Waals surface area contributed by atoms with Crippen LogP contribution < -0.4 is 5.56 Å². The molecule has 2 aromatic rings. The summed E-state index contributed by atoms with van der Waals surface area (Å²) in [5.41, 5.74) is 2.74. The third kappa shape index (κ3) is 4.00. The fraction of sp³-hybridized carbons (Fsp3) is 0.632. The number of aryl methyl sites for hydroxylation is 1. The molecule has 3 heterocycles. The van der Waals surface area contributed by atoms with Crippen molar-refractivity contribution in [1.29, 1.82) is 0 Å². The molecule has 0 bridgehead atoms. The van der Waals surface area contributed by atoms with Gasteiger partial charge in [-0.2, -0.15) is 0 Å². The van der Waals surface area contributed by atoms with Crippen molar-refractivity contribution in [3.63, 3.8) is 0 Å². The molecule has 1 saturated heterocycles. The third-order valence-electron chi connectivity index (χ3n) is 5.25. The molecule has 0 N–H and O–H groups in total. The molecule has 6 nitrogen and oxygen atoms in total. The number of nitrogens with zero attached hydrogens (tertiary/aromatic N) is 4. The second-order valence-electron chi connectivity index (χ2n) is 7.45. The van der Waals surface area contributed by atoms with Gasteiger partial charge in [-0.15, -0.1) is 0 Å². The van der Waals surface area contributed by atoms with Crippen LogP contribution in [-0.4, -0.2) is 32.5 Å². The predicted octanol–water partition coefficient (Wildman–Crippen LogP) is 2.88. The monoisotopic (exact) mass is 344 g/mol. The summed E-state index contributed by atoms with van der Waals surface area (Å²) in [5.74, 6) is 1.88. The van der Waals surface area contributed by atoms with Gasteiger partial charge in [0.25, 0.3) is 5.56 Å². The molecule has 0 unspecified atom stereocenters. The molecule has 1 fully saturated rings. The topological polar surface area (TPSA) is 64.2 Å². The Morgan fingerprint density at radius 1 is 1.24 bits per heavy atom. The van der Waals surface area contributed by atoms with E-state index < -0.39 is 0 Å². The second-order valence-corrected chi connectivity index (χ2v) is 7.45. The molecule has 0 aromatic carbocycles. The van der Waals surface area contributed by atoms with Gasteiger partial charge in [0.1, 0.15) is 5.76 Å². The molecule has 0 spiro atoms. The van der Waals surface area contributed by atoms with E-state index >= 15 is 0 Å². The molecule has 0 saturated carbocycles. The Labute approximate surface area is 148 Å². The first-order valence-electron chi connectivity index (χ1n) is 9.13. The van der Waals surface area contributed by atoms with Gasteiger partial charge >= 0.3 is 0 Å². The minimum atomic E-state index is 0.0964. The van der Waals surface area contributed by atoms with E-state index in [0.717, 1.165) is 61.7 Å². The first-order valence-corrected chi connectivity index (χ1v) is 9.13. The van der Waals surface area contributed by atoms with E-state index in [1.54, 1.807) is 17.3 Å². The number of oxazole rings is 1. The molecular formula is C19H28N4O2. The third-order valence-corrected chi connectivity index (χ3v) is 5.25. The van der Waals surface area contributed by atoms with E-state index in [2.05, 4.69) is 28.7 Å². The Hall–Kier alpha value is -1.95. The maximum Gasteiger partial charge on any atom is 0.256 e. The van der Waals surface area contributed by atoms with Gasteiger partial charge in [0, 0.05) is 30.3 Å². The van der Waals surface area contributed by atoms with Gasteiger partial charge in [-0.1, -0.05) is 13.8 Å². The Morgan fingerprint density at radius 2 is 1.96 bits per heavy atom. The molecule has 6 heteroatoms. The number of rotatable bonds is 5. The van der Waals surface area contributed by atoms with Crippen molar-refractivity contribution in [2.75, 3.05) is 13.1 Å². The van der Waals surface area contributed by atoms with E-state index in [9.17, 15) is 4.79 Å². The zero-order valence-corrected chi connectivity index (χ0v) is 15.7. The summed E-state index contributed by atoms with van der Waals surface area (Å²) in [6, 6.07) is 0. The summed E-state index contributed by atoms with van der Waals surface area (Å²) >= 11 is 0. The van der Waals surface area contributed by atoms with Crippen LogP contribution in [0.5, 0.6) is 0 Å². The molecule has 0 radical (unpaired) electrons. The first kappa shape index (κ1) is 17.9. The van der Waals surface area contributed by atoms with Crippen molar-refractivity contribution >= 4 is 0 Å². The summed E-state index contributed by atoms with van der Waals surface area (Å²) in [5, 5.41) is 0. The van der Waals surface area contributed by atoms with E-state index in [4.69, 9.17) is 4.42 Å². The lowest BCUT2D eigenvalue weighted by atomic mass is 9.96. The molecule has 1 aliphatic rings. The minimum Gasteiger partial charge on any atom is -0.448 e. The van der Waals surface area contributed by atoms with Crippen molar-refractivity contribution in [2.45, 2.75) is 59.5 Å². The Bertz CT molecular complexity index is 770. The van der Waals surface area contributed by atoms with Crippen molar-refractivity contribution in [3.8, 4) is 0 Å². The maximum atomic E-state index is 12.3. The van der Waals surface area contributed by atoms with Crippen molar-refractivity contribution in [1.82, 2.24) is 19.4 Å². The van der Waals surface area contributed by atoms with E-state index in [1.165, 1.54) is 0 Å². The van der Waals surface area contributed by atoms with Crippen LogP contribution in [0.25, 0.3) is 0 Å². The number of hydrogen-bond donors (Lipinski definition) is 0. The number of likely N-dealkylation sites (tertiary alicyclic amines) is 1. The quantitative estimate of drug-likeness (QED) is 0.834. The zero-order chi connectivity index (χ0) is 18.0. The first-order chi connectivity index (χ1) is 12.0. The molecule has 136 valence electrons. The minimum absolute atomic E-state index is 0.0964. The van der Waals surface area contributed by atoms with Gasteiger partial charge in [-0.3, -0.25) is 14.3 Å². The Balaban J connectivity index is 1.56. The Morgan fingerprint density at radius 3 is 2.64 bits per heavy atom. The van der Waals surface area contributed by atoms with Gasteiger partial charge in [-0.25, -0.2) is 9.97 Å². The largest absolute Gasteiger partial charge is 0.448 e. The van der Waals surface area contributed by atoms with Crippen LogP contribution in [0.4, 0.5) is 0 Å². The average Bonchev–Trinajstić information content (AvgIpc) is 3.05. The summed E-state index contributed by atoms with van der Waals surface area (Å²) in [6.07, 6.45) is 5.43. The van der Waals surface area contributed by atoms with Gasteiger partial charge in [0.05, 0.1) is 12.0 Å². The summed E-state index contributed by atoms with van der Waals surface area (Å²) in [6.45, 7) is 11.7. The molecule has 1 aliphatic heterocycles. The highest BCUT2D eigenvalue weighted by molar-refractivity contribution is 5.13. The van der Waals surface area contributed by atoms with Gasteiger partial charge in [0.2, 0.25) is 0 Å². The second kappa shape index (κ2) is 7.52. The lowest BCUT2D eigenvalue weighted by molar-refractivity contribution is 0.164.